The molecule has 0 bridgehead atoms. The fourth-order valence-corrected chi connectivity index (χ4v) is 4.06. The van der Waals surface area contributed by atoms with Crippen LogP contribution in [0.15, 0.2) is 34.4 Å². The van der Waals surface area contributed by atoms with Gasteiger partial charge in [0.05, 0.1) is 5.04 Å². The number of hydrogen-bond donors (Lipinski definition) is 2. The largest absolute Gasteiger partial charge is 0.508 e. The molecule has 26 heavy (non-hydrogen) atoms. The van der Waals surface area contributed by atoms with E-state index in [0.29, 0.717) is 17.6 Å². The molecule has 2 N–H and O–H groups in total. The Bertz CT molecular complexity index is 819. The molecule has 0 radical (unpaired) electrons. The van der Waals surface area contributed by atoms with Crippen LogP contribution in [0.2, 0.25) is 0 Å². The highest BCUT2D eigenvalue weighted by Gasteiger charge is 2.32. The lowest BCUT2D eigenvalue weighted by Gasteiger charge is -2.24. The van der Waals surface area contributed by atoms with E-state index >= 15 is 0 Å². The molecular weight excluding hydrogens is 368 g/mol. The molecule has 138 valence electrons. The molecule has 1 atom stereocenters. The van der Waals surface area contributed by atoms with Gasteiger partial charge in [-0.1, -0.05) is 54.6 Å². The molecule has 1 aromatic heterocycles. The average molecular weight is 391 g/mol. The molecule has 0 amide bonds. The fourth-order valence-electron chi connectivity index (χ4n) is 2.44. The van der Waals surface area contributed by atoms with Gasteiger partial charge in [-0.3, -0.25) is 10.3 Å². The van der Waals surface area contributed by atoms with Crippen molar-refractivity contribution in [2.45, 2.75) is 39.0 Å². The van der Waals surface area contributed by atoms with Crippen LogP contribution in [0, 0.1) is 6.92 Å². The van der Waals surface area contributed by atoms with Gasteiger partial charge in [0.15, 0.2) is 0 Å². The molecular formula is C17H22N6OS2. The molecule has 0 fully saturated rings. The topological polar surface area (TPSA) is 86.0 Å². The van der Waals surface area contributed by atoms with Crippen LogP contribution in [0.3, 0.4) is 0 Å². The summed E-state index contributed by atoms with van der Waals surface area (Å²) in [7, 11) is 0. The van der Waals surface area contributed by atoms with Crippen molar-refractivity contribution in [2.24, 2.45) is 10.1 Å². The maximum absolute atomic E-state index is 10.3. The maximum atomic E-state index is 10.3. The van der Waals surface area contributed by atoms with Crippen molar-refractivity contribution in [3.05, 3.63) is 34.8 Å². The smallest absolute Gasteiger partial charge is 0.222 e. The number of hydrazone groups is 1. The van der Waals surface area contributed by atoms with Crippen LogP contribution < -0.4 is 5.32 Å². The number of para-hydroxylation sites is 1. The highest BCUT2D eigenvalue weighted by molar-refractivity contribution is 8.14. The van der Waals surface area contributed by atoms with Crippen LogP contribution in [0.5, 0.6) is 5.75 Å². The summed E-state index contributed by atoms with van der Waals surface area (Å²) in [5, 5.41) is 30.5. The number of nitrogens with zero attached hydrogens (tertiary/aromatic N) is 5. The van der Waals surface area contributed by atoms with E-state index < -0.39 is 0 Å². The van der Waals surface area contributed by atoms with Crippen molar-refractivity contribution in [1.29, 1.82) is 0 Å². The number of aromatic hydroxyl groups is 1. The van der Waals surface area contributed by atoms with E-state index in [1.807, 2.05) is 37.1 Å². The first-order valence-corrected chi connectivity index (χ1v) is 10.2. The van der Waals surface area contributed by atoms with E-state index in [4.69, 9.17) is 4.99 Å². The number of unbranched alkanes of at least 4 members (excludes halogenated alkanes) is 1. The molecule has 0 spiro atoms. The number of hydrogen-bond acceptors (Lipinski definition) is 7. The van der Waals surface area contributed by atoms with Crippen molar-refractivity contribution >= 4 is 39.2 Å². The molecule has 0 saturated carbocycles. The standard InChI is InChI=1S/C17H22N6OS2/c1-4-5-10-18-16(19-17-21-20-11(2)26-17)23-15(25-12(3)22-23)13-8-6-7-9-14(13)24/h6-9,15,24H,4-5,10H2,1-3H3,(H,18,19,21). The minimum atomic E-state index is -0.182. The van der Waals surface area contributed by atoms with E-state index in [1.54, 1.807) is 17.8 Å². The predicted molar refractivity (Wildman–Crippen MR) is 109 cm³/mol. The number of guanidine groups is 1. The molecule has 7 nitrogen and oxygen atoms in total. The molecule has 2 heterocycles. The van der Waals surface area contributed by atoms with E-state index in [-0.39, 0.29) is 11.1 Å². The Morgan fingerprint density at radius 1 is 1.31 bits per heavy atom. The summed E-state index contributed by atoms with van der Waals surface area (Å²) in [5.41, 5.74) is 0.802. The van der Waals surface area contributed by atoms with Gasteiger partial charge in [-0.2, -0.15) is 5.10 Å². The summed E-state index contributed by atoms with van der Waals surface area (Å²) >= 11 is 3.06. The number of phenolic OH excluding ortho intramolecular Hbond substituents is 1. The van der Waals surface area contributed by atoms with E-state index in [1.165, 1.54) is 11.3 Å². The second-order valence-corrected chi connectivity index (χ2v) is 8.26. The normalized spacial score (nSPS) is 17.5. The third-order valence-electron chi connectivity index (χ3n) is 3.69. The first-order valence-electron chi connectivity index (χ1n) is 8.49. The Balaban J connectivity index is 1.91. The molecule has 1 unspecified atom stereocenters. The van der Waals surface area contributed by atoms with Crippen molar-refractivity contribution < 1.29 is 5.11 Å². The number of nitrogens with one attached hydrogen (secondary N) is 1. The van der Waals surface area contributed by atoms with Gasteiger partial charge < -0.3 is 5.11 Å². The first kappa shape index (κ1) is 18.7. The third kappa shape index (κ3) is 4.34. The van der Waals surface area contributed by atoms with Crippen molar-refractivity contribution in [3.63, 3.8) is 0 Å². The minimum Gasteiger partial charge on any atom is -0.508 e. The van der Waals surface area contributed by atoms with Crippen molar-refractivity contribution in [3.8, 4) is 5.75 Å². The summed E-state index contributed by atoms with van der Waals surface area (Å²) in [6, 6.07) is 7.33. The average Bonchev–Trinajstić information content (AvgIpc) is 3.20. The van der Waals surface area contributed by atoms with Crippen molar-refractivity contribution in [2.75, 3.05) is 11.9 Å². The van der Waals surface area contributed by atoms with Gasteiger partial charge in [-0.25, -0.2) is 5.01 Å². The number of phenols is 1. The summed E-state index contributed by atoms with van der Waals surface area (Å²) in [4.78, 5) is 4.71. The summed E-state index contributed by atoms with van der Waals surface area (Å²) in [5.74, 6) is 0.867. The Kier molecular flexibility index (Phi) is 6.10. The zero-order valence-electron chi connectivity index (χ0n) is 15.0. The highest BCUT2D eigenvalue weighted by Crippen LogP contribution is 2.42. The quantitative estimate of drug-likeness (QED) is 0.452. The summed E-state index contributed by atoms with van der Waals surface area (Å²) in [6.45, 7) is 6.70. The molecule has 0 aliphatic carbocycles. The molecule has 1 aliphatic heterocycles. The van der Waals surface area contributed by atoms with Gasteiger partial charge in [-0.05, 0) is 26.3 Å². The minimum absolute atomic E-state index is 0.182. The van der Waals surface area contributed by atoms with Crippen LogP contribution in [-0.2, 0) is 0 Å². The second-order valence-electron chi connectivity index (χ2n) is 5.80. The lowest BCUT2D eigenvalue weighted by Crippen LogP contribution is -2.32. The Labute approximate surface area is 161 Å². The van der Waals surface area contributed by atoms with E-state index in [2.05, 4.69) is 27.5 Å². The predicted octanol–water partition coefficient (Wildman–Crippen LogP) is 4.20. The Morgan fingerprint density at radius 2 is 2.12 bits per heavy atom. The van der Waals surface area contributed by atoms with Crippen LogP contribution in [0.1, 0.15) is 42.6 Å². The van der Waals surface area contributed by atoms with Gasteiger partial charge in [0, 0.05) is 12.1 Å². The number of aliphatic imine (C=N–C) groups is 1. The van der Waals surface area contributed by atoms with Crippen LogP contribution >= 0.6 is 23.1 Å². The molecule has 1 aromatic carbocycles. The number of rotatable bonds is 5. The molecule has 0 saturated heterocycles. The molecule has 3 rings (SSSR count). The van der Waals surface area contributed by atoms with Crippen LogP contribution in [0.4, 0.5) is 5.13 Å². The number of aromatic nitrogens is 2. The van der Waals surface area contributed by atoms with Crippen molar-refractivity contribution in [1.82, 2.24) is 15.2 Å². The Morgan fingerprint density at radius 3 is 2.81 bits per heavy atom. The zero-order valence-corrected chi connectivity index (χ0v) is 16.6. The molecule has 1 aliphatic rings. The van der Waals surface area contributed by atoms with E-state index in [0.717, 1.165) is 28.5 Å². The molecule has 9 heteroatoms. The zero-order chi connectivity index (χ0) is 18.5. The third-order valence-corrected chi connectivity index (χ3v) is 5.54. The second kappa shape index (κ2) is 8.50. The number of aryl methyl sites for hydroxylation is 1. The van der Waals surface area contributed by atoms with Crippen LogP contribution in [0.25, 0.3) is 0 Å². The first-order chi connectivity index (χ1) is 12.6. The van der Waals surface area contributed by atoms with Gasteiger partial charge in [-0.15, -0.1) is 10.2 Å². The lowest BCUT2D eigenvalue weighted by atomic mass is 10.2. The summed E-state index contributed by atoms with van der Waals surface area (Å²) in [6.07, 6.45) is 2.06. The number of anilines is 1. The number of thioether (sulfide) groups is 1. The number of benzene rings is 1. The Hall–Kier alpha value is -2.13. The monoisotopic (exact) mass is 390 g/mol. The van der Waals surface area contributed by atoms with E-state index in [9.17, 15) is 5.11 Å². The highest BCUT2D eigenvalue weighted by atomic mass is 32.2. The fraction of sp³-hybridized carbons (Fsp3) is 0.412. The van der Waals surface area contributed by atoms with Gasteiger partial charge in [0.25, 0.3) is 0 Å². The van der Waals surface area contributed by atoms with Gasteiger partial charge in [0.1, 0.15) is 16.1 Å². The molecule has 2 aromatic rings. The van der Waals surface area contributed by atoms with Gasteiger partial charge in [0.2, 0.25) is 11.1 Å². The van der Waals surface area contributed by atoms with Crippen LogP contribution in [-0.4, -0.2) is 37.9 Å². The SMILES string of the molecule is CCCCN=C(Nc1nnc(C)s1)N1N=C(C)SC1c1ccccc1O. The van der Waals surface area contributed by atoms with Gasteiger partial charge >= 0.3 is 0 Å². The lowest BCUT2D eigenvalue weighted by molar-refractivity contribution is 0.410. The summed E-state index contributed by atoms with van der Waals surface area (Å²) < 4.78 is 0. The maximum Gasteiger partial charge on any atom is 0.222 e.